The lowest BCUT2D eigenvalue weighted by molar-refractivity contribution is 0.0996. The van der Waals surface area contributed by atoms with Crippen molar-refractivity contribution in [3.63, 3.8) is 0 Å². The van der Waals surface area contributed by atoms with Crippen LogP contribution in [0, 0.1) is 0 Å². The zero-order valence-corrected chi connectivity index (χ0v) is 13.0. The number of nitrogens with two attached hydrogens (primary N) is 1. The molecule has 0 fully saturated rings. The molecule has 0 atom stereocenters. The minimum absolute atomic E-state index is 0.0798. The zero-order chi connectivity index (χ0) is 16.1. The van der Waals surface area contributed by atoms with Gasteiger partial charge >= 0.3 is 6.03 Å². The minimum Gasteiger partial charge on any atom is -0.472 e. The van der Waals surface area contributed by atoms with Gasteiger partial charge in [-0.15, -0.1) is 0 Å². The number of aromatic nitrogens is 1. The highest BCUT2D eigenvalue weighted by Crippen LogP contribution is 2.30. The summed E-state index contributed by atoms with van der Waals surface area (Å²) in [5, 5.41) is 2.84. The van der Waals surface area contributed by atoms with Crippen molar-refractivity contribution in [2.75, 3.05) is 19.4 Å². The third-order valence-electron chi connectivity index (χ3n) is 2.75. The van der Waals surface area contributed by atoms with Gasteiger partial charge in [0.2, 0.25) is 5.88 Å². The molecule has 0 spiro atoms. The maximum absolute atomic E-state index is 11.7. The van der Waals surface area contributed by atoms with Crippen LogP contribution in [-0.2, 0) is 6.61 Å². The van der Waals surface area contributed by atoms with Crippen LogP contribution in [0.25, 0.3) is 0 Å². The van der Waals surface area contributed by atoms with Crippen LogP contribution in [-0.4, -0.2) is 35.3 Å². The molecule has 0 aliphatic heterocycles. The van der Waals surface area contributed by atoms with Gasteiger partial charge in [0, 0.05) is 14.1 Å². The standard InChI is InChI=1S/C14H16N4O3S/c1-18(2)14(20)16-13-10(11(15)19)12(17-22-13)21-8-9-6-4-3-5-7-9/h3-7H,8H2,1-2H3,(H2,15,19)(H,16,20). The number of hydrogen-bond acceptors (Lipinski definition) is 5. The number of anilines is 1. The van der Waals surface area contributed by atoms with E-state index in [-0.39, 0.29) is 29.1 Å². The second kappa shape index (κ2) is 6.90. The second-order valence-corrected chi connectivity index (χ2v) is 5.43. The average Bonchev–Trinajstić information content (AvgIpc) is 2.89. The van der Waals surface area contributed by atoms with Gasteiger partial charge in [-0.25, -0.2) is 4.79 Å². The number of urea groups is 1. The van der Waals surface area contributed by atoms with Crippen molar-refractivity contribution in [1.82, 2.24) is 9.27 Å². The number of benzene rings is 1. The van der Waals surface area contributed by atoms with Crippen molar-refractivity contribution in [2.24, 2.45) is 5.73 Å². The normalized spacial score (nSPS) is 10.1. The number of nitrogens with zero attached hydrogens (tertiary/aromatic N) is 2. The van der Waals surface area contributed by atoms with Crippen LogP contribution in [0.15, 0.2) is 30.3 Å². The quantitative estimate of drug-likeness (QED) is 0.879. The first-order chi connectivity index (χ1) is 10.5. The summed E-state index contributed by atoms with van der Waals surface area (Å²) in [5.41, 5.74) is 6.38. The van der Waals surface area contributed by atoms with Crippen LogP contribution < -0.4 is 15.8 Å². The van der Waals surface area contributed by atoms with Crippen molar-refractivity contribution in [3.8, 4) is 5.88 Å². The lowest BCUT2D eigenvalue weighted by Gasteiger charge is -2.11. The largest absolute Gasteiger partial charge is 0.472 e. The Balaban J connectivity index is 2.16. The number of nitrogens with one attached hydrogen (secondary N) is 1. The van der Waals surface area contributed by atoms with Crippen molar-refractivity contribution >= 4 is 28.5 Å². The molecule has 3 amide bonds. The fourth-order valence-corrected chi connectivity index (χ4v) is 2.34. The van der Waals surface area contributed by atoms with Crippen molar-refractivity contribution in [3.05, 3.63) is 41.5 Å². The maximum Gasteiger partial charge on any atom is 0.321 e. The topological polar surface area (TPSA) is 97.6 Å². The van der Waals surface area contributed by atoms with Crippen LogP contribution in [0.3, 0.4) is 0 Å². The van der Waals surface area contributed by atoms with E-state index in [1.807, 2.05) is 30.3 Å². The molecule has 2 rings (SSSR count). The smallest absolute Gasteiger partial charge is 0.321 e. The molecule has 0 saturated heterocycles. The first kappa shape index (κ1) is 15.8. The van der Waals surface area contributed by atoms with Gasteiger partial charge in [0.05, 0.1) is 0 Å². The van der Waals surface area contributed by atoms with E-state index in [0.717, 1.165) is 17.1 Å². The second-order valence-electron chi connectivity index (χ2n) is 4.65. The molecule has 116 valence electrons. The Kier molecular flexibility index (Phi) is 4.95. The van der Waals surface area contributed by atoms with E-state index in [0.29, 0.717) is 0 Å². The fourth-order valence-electron chi connectivity index (χ4n) is 1.61. The molecule has 0 aliphatic rings. The van der Waals surface area contributed by atoms with Crippen molar-refractivity contribution in [1.29, 1.82) is 0 Å². The van der Waals surface area contributed by atoms with Crippen molar-refractivity contribution in [2.45, 2.75) is 6.61 Å². The Morgan fingerprint density at radius 3 is 2.59 bits per heavy atom. The summed E-state index contributed by atoms with van der Waals surface area (Å²) < 4.78 is 9.59. The van der Waals surface area contributed by atoms with Gasteiger partial charge in [-0.2, -0.15) is 4.37 Å². The van der Waals surface area contributed by atoms with Gasteiger partial charge in [0.1, 0.15) is 17.2 Å². The first-order valence-corrected chi connectivity index (χ1v) is 7.21. The summed E-state index contributed by atoms with van der Waals surface area (Å²) in [6.07, 6.45) is 0. The van der Waals surface area contributed by atoms with Gasteiger partial charge in [-0.1, -0.05) is 30.3 Å². The van der Waals surface area contributed by atoms with E-state index in [1.165, 1.54) is 4.90 Å². The molecule has 2 aromatic rings. The van der Waals surface area contributed by atoms with Crippen LogP contribution in [0.2, 0.25) is 0 Å². The molecule has 22 heavy (non-hydrogen) atoms. The summed E-state index contributed by atoms with van der Waals surface area (Å²) in [4.78, 5) is 24.6. The summed E-state index contributed by atoms with van der Waals surface area (Å²) >= 11 is 0.951. The van der Waals surface area contributed by atoms with Crippen LogP contribution in [0.1, 0.15) is 15.9 Å². The molecule has 1 aromatic carbocycles. The van der Waals surface area contributed by atoms with E-state index in [4.69, 9.17) is 10.5 Å². The first-order valence-electron chi connectivity index (χ1n) is 6.43. The Morgan fingerprint density at radius 1 is 1.32 bits per heavy atom. The molecule has 1 heterocycles. The number of carbonyl (C=O) groups is 2. The van der Waals surface area contributed by atoms with E-state index in [1.54, 1.807) is 14.1 Å². The van der Waals surface area contributed by atoms with Gasteiger partial charge in [0.15, 0.2) is 0 Å². The highest BCUT2D eigenvalue weighted by molar-refractivity contribution is 7.11. The molecule has 0 aliphatic carbocycles. The number of amides is 3. The zero-order valence-electron chi connectivity index (χ0n) is 12.2. The number of primary amides is 1. The molecular weight excluding hydrogens is 304 g/mol. The third-order valence-corrected chi connectivity index (χ3v) is 3.50. The molecule has 0 saturated carbocycles. The third kappa shape index (κ3) is 3.73. The Labute approximate surface area is 131 Å². The molecule has 0 bridgehead atoms. The van der Waals surface area contributed by atoms with E-state index >= 15 is 0 Å². The molecule has 7 nitrogen and oxygen atoms in total. The minimum atomic E-state index is -0.703. The highest BCUT2D eigenvalue weighted by atomic mass is 32.1. The molecule has 0 radical (unpaired) electrons. The Hall–Kier alpha value is -2.61. The van der Waals surface area contributed by atoms with E-state index in [9.17, 15) is 9.59 Å². The van der Waals surface area contributed by atoms with Crippen LogP contribution in [0.5, 0.6) is 5.88 Å². The predicted molar refractivity (Wildman–Crippen MR) is 84.1 cm³/mol. The summed E-state index contributed by atoms with van der Waals surface area (Å²) in [6.45, 7) is 0.256. The Morgan fingerprint density at radius 2 is 2.00 bits per heavy atom. The van der Waals surface area contributed by atoms with E-state index in [2.05, 4.69) is 9.69 Å². The molecule has 1 aromatic heterocycles. The monoisotopic (exact) mass is 320 g/mol. The summed E-state index contributed by atoms with van der Waals surface area (Å²) in [5.74, 6) is -0.582. The summed E-state index contributed by atoms with van der Waals surface area (Å²) in [6, 6.07) is 9.09. The SMILES string of the molecule is CN(C)C(=O)Nc1snc(OCc2ccccc2)c1C(N)=O. The lowest BCUT2D eigenvalue weighted by Crippen LogP contribution is -2.28. The Bertz CT molecular complexity index is 670. The number of hydrogen-bond donors (Lipinski definition) is 2. The maximum atomic E-state index is 11.7. The fraction of sp³-hybridized carbons (Fsp3) is 0.214. The van der Waals surface area contributed by atoms with Gasteiger partial charge in [0.25, 0.3) is 5.91 Å². The van der Waals surface area contributed by atoms with Gasteiger partial charge < -0.3 is 15.4 Å². The predicted octanol–water partition coefficient (Wildman–Crippen LogP) is 1.91. The van der Waals surface area contributed by atoms with E-state index < -0.39 is 5.91 Å². The average molecular weight is 320 g/mol. The number of carbonyl (C=O) groups excluding carboxylic acids is 2. The van der Waals surface area contributed by atoms with Crippen molar-refractivity contribution < 1.29 is 14.3 Å². The molecular formula is C14H16N4O3S. The lowest BCUT2D eigenvalue weighted by atomic mass is 10.2. The van der Waals surface area contributed by atoms with Gasteiger partial charge in [-0.3, -0.25) is 10.1 Å². The number of ether oxygens (including phenoxy) is 1. The molecule has 3 N–H and O–H groups in total. The highest BCUT2D eigenvalue weighted by Gasteiger charge is 2.22. The van der Waals surface area contributed by atoms with Crippen LogP contribution in [0.4, 0.5) is 9.80 Å². The molecule has 8 heteroatoms. The molecule has 0 unspecified atom stereocenters. The summed E-state index contributed by atoms with van der Waals surface area (Å²) in [7, 11) is 3.18. The number of rotatable bonds is 5. The van der Waals surface area contributed by atoms with Gasteiger partial charge in [-0.05, 0) is 17.1 Å². The van der Waals surface area contributed by atoms with Crippen LogP contribution >= 0.6 is 11.5 Å².